The first-order chi connectivity index (χ1) is 10.2. The first-order valence-electron chi connectivity index (χ1n) is 7.03. The summed E-state index contributed by atoms with van der Waals surface area (Å²) < 4.78 is 0. The van der Waals surface area contributed by atoms with Gasteiger partial charge in [-0.05, 0) is 31.4 Å². The van der Waals surface area contributed by atoms with Crippen LogP contribution in [-0.2, 0) is 0 Å². The van der Waals surface area contributed by atoms with Gasteiger partial charge in [-0.15, -0.1) is 12.4 Å². The van der Waals surface area contributed by atoms with E-state index in [1.807, 2.05) is 0 Å². The zero-order chi connectivity index (χ0) is 14.8. The molecule has 1 unspecified atom stereocenters. The fourth-order valence-corrected chi connectivity index (χ4v) is 2.72. The molecule has 1 aliphatic heterocycles. The third-order valence-electron chi connectivity index (χ3n) is 3.90. The van der Waals surface area contributed by atoms with Crippen LogP contribution in [0.5, 0.6) is 0 Å². The SMILES string of the molecule is Cl.NCC1CCCN(c2cnc3cc([N+](=O)[O-])ccc3n2)C1. The Morgan fingerprint density at radius 1 is 1.41 bits per heavy atom. The summed E-state index contributed by atoms with van der Waals surface area (Å²) >= 11 is 0. The highest BCUT2D eigenvalue weighted by molar-refractivity contribution is 5.85. The summed E-state index contributed by atoms with van der Waals surface area (Å²) in [4.78, 5) is 21.4. The number of hydrogen-bond donors (Lipinski definition) is 1. The van der Waals surface area contributed by atoms with Crippen LogP contribution in [0.2, 0.25) is 0 Å². The Labute approximate surface area is 134 Å². The molecule has 1 atom stereocenters. The van der Waals surface area contributed by atoms with Crippen molar-refractivity contribution in [2.75, 3.05) is 24.5 Å². The lowest BCUT2D eigenvalue weighted by Gasteiger charge is -2.32. The molecule has 1 saturated heterocycles. The van der Waals surface area contributed by atoms with E-state index in [0.717, 1.165) is 31.7 Å². The Bertz CT molecular complexity index is 681. The maximum Gasteiger partial charge on any atom is 0.271 e. The largest absolute Gasteiger partial charge is 0.355 e. The van der Waals surface area contributed by atoms with Gasteiger partial charge in [-0.25, -0.2) is 4.98 Å². The summed E-state index contributed by atoms with van der Waals surface area (Å²) in [5.41, 5.74) is 7.00. The number of non-ortho nitro benzene ring substituents is 1. The molecule has 0 aliphatic carbocycles. The number of anilines is 1. The molecule has 0 amide bonds. The maximum atomic E-state index is 10.8. The number of nitrogens with zero attached hydrogens (tertiary/aromatic N) is 4. The second-order valence-corrected chi connectivity index (χ2v) is 5.35. The van der Waals surface area contributed by atoms with Gasteiger partial charge in [0.05, 0.1) is 22.2 Å². The van der Waals surface area contributed by atoms with Crippen molar-refractivity contribution in [1.29, 1.82) is 0 Å². The van der Waals surface area contributed by atoms with E-state index in [4.69, 9.17) is 5.73 Å². The van der Waals surface area contributed by atoms with Gasteiger partial charge in [0.1, 0.15) is 5.82 Å². The van der Waals surface area contributed by atoms with Gasteiger partial charge in [-0.1, -0.05) is 0 Å². The molecule has 0 bridgehead atoms. The zero-order valence-corrected chi connectivity index (χ0v) is 12.8. The number of fused-ring (bicyclic) bond motifs is 1. The predicted molar refractivity (Wildman–Crippen MR) is 87.4 cm³/mol. The molecule has 1 aliphatic rings. The molecular weight excluding hydrogens is 306 g/mol. The number of benzene rings is 1. The Balaban J connectivity index is 0.00000176. The van der Waals surface area contributed by atoms with E-state index < -0.39 is 4.92 Å². The van der Waals surface area contributed by atoms with E-state index in [1.165, 1.54) is 12.1 Å². The molecule has 22 heavy (non-hydrogen) atoms. The quantitative estimate of drug-likeness (QED) is 0.686. The van der Waals surface area contributed by atoms with Gasteiger partial charge in [-0.3, -0.25) is 15.1 Å². The number of nitro benzene ring substituents is 1. The monoisotopic (exact) mass is 323 g/mol. The Morgan fingerprint density at radius 3 is 2.95 bits per heavy atom. The van der Waals surface area contributed by atoms with Crippen molar-refractivity contribution in [2.45, 2.75) is 12.8 Å². The lowest BCUT2D eigenvalue weighted by atomic mass is 9.98. The van der Waals surface area contributed by atoms with Crippen LogP contribution >= 0.6 is 12.4 Å². The van der Waals surface area contributed by atoms with Crippen LogP contribution in [0, 0.1) is 16.0 Å². The van der Waals surface area contributed by atoms with E-state index in [2.05, 4.69) is 14.9 Å². The summed E-state index contributed by atoms with van der Waals surface area (Å²) in [6.07, 6.45) is 3.94. The molecular formula is C14H18ClN5O2. The van der Waals surface area contributed by atoms with E-state index in [-0.39, 0.29) is 18.1 Å². The molecule has 8 heteroatoms. The van der Waals surface area contributed by atoms with Crippen molar-refractivity contribution in [3.8, 4) is 0 Å². The van der Waals surface area contributed by atoms with Crippen molar-refractivity contribution >= 4 is 34.9 Å². The van der Waals surface area contributed by atoms with E-state index in [0.29, 0.717) is 23.5 Å². The van der Waals surface area contributed by atoms with Crippen molar-refractivity contribution in [3.05, 3.63) is 34.5 Å². The number of nitro groups is 1. The second-order valence-electron chi connectivity index (χ2n) is 5.35. The fraction of sp³-hybridized carbons (Fsp3) is 0.429. The standard InChI is InChI=1S/C14H17N5O2.ClH/c15-7-10-2-1-5-18(9-10)14-8-16-13-6-11(19(20)21)3-4-12(13)17-14;/h3-4,6,8,10H,1-2,5,7,9,15H2;1H. The minimum absolute atomic E-state index is 0. The number of nitrogens with two attached hydrogens (primary N) is 1. The predicted octanol–water partition coefficient (Wildman–Crippen LogP) is 2.13. The van der Waals surface area contributed by atoms with Crippen LogP contribution in [0.15, 0.2) is 24.4 Å². The summed E-state index contributed by atoms with van der Waals surface area (Å²) in [5.74, 6) is 1.31. The van der Waals surface area contributed by atoms with Gasteiger partial charge in [0.15, 0.2) is 0 Å². The van der Waals surface area contributed by atoms with Crippen molar-refractivity contribution < 1.29 is 4.92 Å². The highest BCUT2D eigenvalue weighted by atomic mass is 35.5. The van der Waals surface area contributed by atoms with Gasteiger partial charge < -0.3 is 10.6 Å². The number of rotatable bonds is 3. The first-order valence-corrected chi connectivity index (χ1v) is 7.03. The van der Waals surface area contributed by atoms with Crippen LogP contribution < -0.4 is 10.6 Å². The summed E-state index contributed by atoms with van der Waals surface area (Å²) in [5, 5.41) is 10.8. The van der Waals surface area contributed by atoms with Gasteiger partial charge in [-0.2, -0.15) is 0 Å². The van der Waals surface area contributed by atoms with E-state index in [9.17, 15) is 10.1 Å². The van der Waals surface area contributed by atoms with Crippen LogP contribution in [0.3, 0.4) is 0 Å². The molecule has 0 saturated carbocycles. The maximum absolute atomic E-state index is 10.8. The minimum Gasteiger partial charge on any atom is -0.355 e. The first kappa shape index (κ1) is 16.4. The van der Waals surface area contributed by atoms with Crippen LogP contribution in [0.4, 0.5) is 11.5 Å². The Kier molecular flexibility index (Phi) is 5.10. The number of aromatic nitrogens is 2. The van der Waals surface area contributed by atoms with Gasteiger partial charge in [0, 0.05) is 25.2 Å². The van der Waals surface area contributed by atoms with Crippen LogP contribution in [0.25, 0.3) is 11.0 Å². The molecule has 0 radical (unpaired) electrons. The number of piperidine rings is 1. The van der Waals surface area contributed by atoms with Crippen LogP contribution in [-0.4, -0.2) is 34.5 Å². The smallest absolute Gasteiger partial charge is 0.271 e. The molecule has 7 nitrogen and oxygen atoms in total. The third kappa shape index (κ3) is 3.26. The summed E-state index contributed by atoms with van der Waals surface area (Å²) in [6, 6.07) is 4.55. The van der Waals surface area contributed by atoms with E-state index in [1.54, 1.807) is 12.3 Å². The number of hydrogen-bond acceptors (Lipinski definition) is 6. The van der Waals surface area contributed by atoms with Gasteiger partial charge >= 0.3 is 0 Å². The van der Waals surface area contributed by atoms with Crippen molar-refractivity contribution in [1.82, 2.24) is 9.97 Å². The highest BCUT2D eigenvalue weighted by Gasteiger charge is 2.20. The molecule has 3 rings (SSSR count). The second kappa shape index (κ2) is 6.85. The lowest BCUT2D eigenvalue weighted by molar-refractivity contribution is -0.384. The Morgan fingerprint density at radius 2 is 2.23 bits per heavy atom. The zero-order valence-electron chi connectivity index (χ0n) is 12.0. The highest BCUT2D eigenvalue weighted by Crippen LogP contribution is 2.24. The summed E-state index contributed by atoms with van der Waals surface area (Å²) in [7, 11) is 0. The molecule has 1 fully saturated rings. The molecule has 2 heterocycles. The lowest BCUT2D eigenvalue weighted by Crippen LogP contribution is -2.38. The van der Waals surface area contributed by atoms with Crippen LogP contribution in [0.1, 0.15) is 12.8 Å². The molecule has 1 aromatic heterocycles. The van der Waals surface area contributed by atoms with Crippen molar-refractivity contribution in [2.24, 2.45) is 11.7 Å². The van der Waals surface area contributed by atoms with Gasteiger partial charge in [0.2, 0.25) is 0 Å². The molecule has 2 N–H and O–H groups in total. The topological polar surface area (TPSA) is 98.2 Å². The minimum atomic E-state index is -0.425. The molecule has 118 valence electrons. The third-order valence-corrected chi connectivity index (χ3v) is 3.90. The molecule has 2 aromatic rings. The fourth-order valence-electron chi connectivity index (χ4n) is 2.72. The van der Waals surface area contributed by atoms with Gasteiger partial charge in [0.25, 0.3) is 5.69 Å². The normalized spacial score (nSPS) is 18.0. The van der Waals surface area contributed by atoms with E-state index >= 15 is 0 Å². The average molecular weight is 324 g/mol. The molecule has 1 aromatic carbocycles. The summed E-state index contributed by atoms with van der Waals surface area (Å²) in [6.45, 7) is 2.52. The number of halogens is 1. The molecule has 0 spiro atoms. The Hall–Kier alpha value is -1.99. The average Bonchev–Trinajstić information content (AvgIpc) is 2.53. The van der Waals surface area contributed by atoms with Crippen molar-refractivity contribution in [3.63, 3.8) is 0 Å².